The molecule has 0 bridgehead atoms. The van der Waals surface area contributed by atoms with Gasteiger partial charge in [0.25, 0.3) is 11.8 Å². The molecule has 2 aromatic rings. The molecule has 0 spiro atoms. The van der Waals surface area contributed by atoms with Crippen LogP contribution in [0.5, 0.6) is 0 Å². The summed E-state index contributed by atoms with van der Waals surface area (Å²) in [6.07, 6.45) is 7.36. The van der Waals surface area contributed by atoms with E-state index in [0.29, 0.717) is 22.6 Å². The smallest absolute Gasteiger partial charge is 0.261 e. The summed E-state index contributed by atoms with van der Waals surface area (Å²) in [6, 6.07) is 15.4. The summed E-state index contributed by atoms with van der Waals surface area (Å²) in [5, 5.41) is 0. The minimum Gasteiger partial charge on any atom is -0.379 e. The summed E-state index contributed by atoms with van der Waals surface area (Å²) in [4.78, 5) is 28.9. The third-order valence-electron chi connectivity index (χ3n) is 7.34. The fourth-order valence-electron chi connectivity index (χ4n) is 5.12. The van der Waals surface area contributed by atoms with E-state index in [0.717, 1.165) is 84.2 Å². The zero-order chi connectivity index (χ0) is 26.8. The zero-order valence-electron chi connectivity index (χ0n) is 22.0. The van der Waals surface area contributed by atoms with Crippen LogP contribution in [0, 0.1) is 0 Å². The number of rotatable bonds is 15. The van der Waals surface area contributed by atoms with Crippen LogP contribution in [-0.2, 0) is 14.8 Å². The highest BCUT2D eigenvalue weighted by Crippen LogP contribution is 2.23. The highest BCUT2D eigenvalue weighted by Gasteiger charge is 2.34. The van der Waals surface area contributed by atoms with Crippen LogP contribution in [0.4, 0.5) is 0 Å². The van der Waals surface area contributed by atoms with Crippen LogP contribution in [0.25, 0.3) is 0 Å². The van der Waals surface area contributed by atoms with Crippen molar-refractivity contribution < 1.29 is 22.7 Å². The molecular weight excluding hydrogens is 502 g/mol. The molecule has 0 radical (unpaired) electrons. The van der Waals surface area contributed by atoms with Crippen LogP contribution in [0.3, 0.4) is 0 Å². The second-order valence-corrected chi connectivity index (χ2v) is 11.8. The first-order valence-electron chi connectivity index (χ1n) is 13.8. The fraction of sp³-hybridized carbons (Fsp3) is 0.517. The van der Waals surface area contributed by atoms with Crippen molar-refractivity contribution in [2.75, 3.05) is 39.4 Å². The van der Waals surface area contributed by atoms with Crippen LogP contribution >= 0.6 is 0 Å². The van der Waals surface area contributed by atoms with E-state index >= 15 is 0 Å². The summed E-state index contributed by atoms with van der Waals surface area (Å²) in [5.74, 6) is -0.377. The van der Waals surface area contributed by atoms with E-state index in [4.69, 9.17) is 4.74 Å². The van der Waals surface area contributed by atoms with Crippen molar-refractivity contribution in [2.45, 2.75) is 62.3 Å². The molecule has 38 heavy (non-hydrogen) atoms. The van der Waals surface area contributed by atoms with Crippen LogP contribution < -0.4 is 4.72 Å². The lowest BCUT2D eigenvalue weighted by molar-refractivity contribution is 0.0363. The van der Waals surface area contributed by atoms with Crippen molar-refractivity contribution in [2.24, 2.45) is 0 Å². The van der Waals surface area contributed by atoms with Gasteiger partial charge in [0.2, 0.25) is 10.0 Å². The third kappa shape index (κ3) is 7.72. The van der Waals surface area contributed by atoms with Gasteiger partial charge in [0.15, 0.2) is 0 Å². The third-order valence-corrected chi connectivity index (χ3v) is 8.87. The lowest BCUT2D eigenvalue weighted by atomic mass is 10.0. The molecule has 1 unspecified atom stereocenters. The molecule has 0 aromatic heterocycles. The van der Waals surface area contributed by atoms with Crippen molar-refractivity contribution in [3.63, 3.8) is 0 Å². The van der Waals surface area contributed by atoms with Crippen molar-refractivity contribution in [1.82, 2.24) is 14.5 Å². The first kappa shape index (κ1) is 28.4. The average Bonchev–Trinajstić information content (AvgIpc) is 3.18. The number of morpholine rings is 1. The summed E-state index contributed by atoms with van der Waals surface area (Å²) < 4.78 is 34.2. The molecule has 2 heterocycles. The van der Waals surface area contributed by atoms with Crippen LogP contribution in [0.1, 0.15) is 72.1 Å². The number of benzene rings is 2. The van der Waals surface area contributed by atoms with Gasteiger partial charge in [-0.1, -0.05) is 62.4 Å². The maximum absolute atomic E-state index is 12.9. The van der Waals surface area contributed by atoms with Gasteiger partial charge < -0.3 is 4.74 Å². The van der Waals surface area contributed by atoms with Crippen molar-refractivity contribution in [3.8, 4) is 0 Å². The first-order valence-corrected chi connectivity index (χ1v) is 15.3. The largest absolute Gasteiger partial charge is 0.379 e. The molecule has 1 fully saturated rings. The molecule has 1 N–H and O–H groups in total. The van der Waals surface area contributed by atoms with Gasteiger partial charge in [-0.3, -0.25) is 19.4 Å². The number of amides is 2. The molecule has 0 aliphatic carbocycles. The Bertz CT molecular complexity index is 1130. The number of unbranched alkanes of at least 4 members (excludes halogenated alkanes) is 5. The molecule has 9 heteroatoms. The topological polar surface area (TPSA) is 96.0 Å². The number of nitrogens with zero attached hydrogens (tertiary/aromatic N) is 2. The monoisotopic (exact) mass is 541 g/mol. The van der Waals surface area contributed by atoms with E-state index in [1.807, 2.05) is 6.07 Å². The van der Waals surface area contributed by atoms with Crippen LogP contribution in [0.15, 0.2) is 59.5 Å². The first-order chi connectivity index (χ1) is 18.5. The molecule has 1 saturated heterocycles. The van der Waals surface area contributed by atoms with E-state index in [2.05, 4.69) is 9.62 Å². The summed E-state index contributed by atoms with van der Waals surface area (Å²) in [7, 11) is -3.56. The van der Waals surface area contributed by atoms with Crippen LogP contribution in [-0.4, -0.2) is 75.5 Å². The van der Waals surface area contributed by atoms with Gasteiger partial charge >= 0.3 is 0 Å². The predicted molar refractivity (Wildman–Crippen MR) is 147 cm³/mol. The molecule has 2 amide bonds. The minimum atomic E-state index is -3.56. The fourth-order valence-corrected chi connectivity index (χ4v) is 6.45. The lowest BCUT2D eigenvalue weighted by Crippen LogP contribution is -2.41. The minimum absolute atomic E-state index is 0.114. The maximum atomic E-state index is 12.9. The van der Waals surface area contributed by atoms with E-state index < -0.39 is 10.0 Å². The highest BCUT2D eigenvalue weighted by molar-refractivity contribution is 7.89. The van der Waals surface area contributed by atoms with E-state index in [-0.39, 0.29) is 17.9 Å². The number of imide groups is 1. The number of carbonyl (C=O) groups is 2. The van der Waals surface area contributed by atoms with Gasteiger partial charge in [-0.15, -0.1) is 0 Å². The standard InChI is InChI=1S/C29H39N3O5S/c33-28-26-15-9-10-16-27(26)29(34)32(28)18-11-4-2-1-3-6-12-24(17-19-31-20-22-37-23-21-31)30-38(35,36)25-13-7-5-8-14-25/h5,7-10,13-16,24,30H,1-4,6,11-12,17-23H2. The number of ether oxygens (including phenoxy) is 1. The Morgan fingerprint density at radius 1 is 0.737 bits per heavy atom. The Kier molecular flexibility index (Phi) is 10.5. The quantitative estimate of drug-likeness (QED) is 0.270. The molecule has 1 atom stereocenters. The number of hydrogen-bond acceptors (Lipinski definition) is 6. The Morgan fingerprint density at radius 2 is 1.32 bits per heavy atom. The Labute approximate surface area is 226 Å². The molecule has 2 aliphatic rings. The van der Waals surface area contributed by atoms with Gasteiger partial charge in [-0.05, 0) is 50.1 Å². The van der Waals surface area contributed by atoms with Gasteiger partial charge in [0.1, 0.15) is 0 Å². The summed E-state index contributed by atoms with van der Waals surface area (Å²) >= 11 is 0. The zero-order valence-corrected chi connectivity index (χ0v) is 22.8. The van der Waals surface area contributed by atoms with Gasteiger partial charge in [0.05, 0.1) is 29.2 Å². The second kappa shape index (κ2) is 14.0. The Hall–Kier alpha value is -2.59. The number of carbonyl (C=O) groups excluding carboxylic acids is 2. The molecule has 206 valence electrons. The van der Waals surface area contributed by atoms with E-state index in [9.17, 15) is 18.0 Å². The van der Waals surface area contributed by atoms with Gasteiger partial charge in [-0.2, -0.15) is 0 Å². The van der Waals surface area contributed by atoms with E-state index in [1.165, 1.54) is 4.90 Å². The highest BCUT2D eigenvalue weighted by atomic mass is 32.2. The molecule has 2 aromatic carbocycles. The number of nitrogens with one attached hydrogen (secondary N) is 1. The summed E-state index contributed by atoms with van der Waals surface area (Å²) in [5.41, 5.74) is 1.01. The predicted octanol–water partition coefficient (Wildman–Crippen LogP) is 4.08. The number of hydrogen-bond donors (Lipinski definition) is 1. The molecular formula is C29H39N3O5S. The van der Waals surface area contributed by atoms with Gasteiger partial charge in [0, 0.05) is 25.7 Å². The van der Waals surface area contributed by atoms with Crippen LogP contribution in [0.2, 0.25) is 0 Å². The van der Waals surface area contributed by atoms with E-state index in [1.54, 1.807) is 48.5 Å². The van der Waals surface area contributed by atoms with Gasteiger partial charge in [-0.25, -0.2) is 13.1 Å². The summed E-state index contributed by atoms with van der Waals surface area (Å²) in [6.45, 7) is 4.54. The van der Waals surface area contributed by atoms with Crippen molar-refractivity contribution in [3.05, 3.63) is 65.7 Å². The second-order valence-electron chi connectivity index (χ2n) is 10.1. The molecule has 0 saturated carbocycles. The number of fused-ring (bicyclic) bond motifs is 1. The molecule has 2 aliphatic heterocycles. The lowest BCUT2D eigenvalue weighted by Gasteiger charge is -2.28. The van der Waals surface area contributed by atoms with Crippen molar-refractivity contribution in [1.29, 1.82) is 0 Å². The van der Waals surface area contributed by atoms with Crippen molar-refractivity contribution >= 4 is 21.8 Å². The number of sulfonamides is 1. The average molecular weight is 542 g/mol. The Morgan fingerprint density at radius 3 is 1.97 bits per heavy atom. The normalized spacial score (nSPS) is 17.1. The molecule has 4 rings (SSSR count). The Balaban J connectivity index is 1.17. The maximum Gasteiger partial charge on any atom is 0.261 e. The molecule has 8 nitrogen and oxygen atoms in total. The SMILES string of the molecule is O=C1c2ccccc2C(=O)N1CCCCCCCCC(CCN1CCOCC1)NS(=O)(=O)c1ccccc1.